The summed E-state index contributed by atoms with van der Waals surface area (Å²) in [7, 11) is -3.01. The van der Waals surface area contributed by atoms with E-state index in [0.717, 1.165) is 13.1 Å². The Kier molecular flexibility index (Phi) is 3.09. The molecular formula is C7H16N2O2S. The Morgan fingerprint density at radius 2 is 2.17 bits per heavy atom. The zero-order chi connectivity index (χ0) is 9.19. The summed E-state index contributed by atoms with van der Waals surface area (Å²) in [6.45, 7) is 4.67. The SMILES string of the molecule is CC(CNS(C)(=O)=O)C1CNC1. The number of hydrogen-bond donors (Lipinski definition) is 2. The summed E-state index contributed by atoms with van der Waals surface area (Å²) >= 11 is 0. The fourth-order valence-corrected chi connectivity index (χ4v) is 1.73. The van der Waals surface area contributed by atoms with Crippen LogP contribution in [0.1, 0.15) is 6.92 Å². The highest BCUT2D eigenvalue weighted by Gasteiger charge is 2.23. The summed E-state index contributed by atoms with van der Waals surface area (Å²) in [5, 5.41) is 3.16. The molecule has 1 rings (SSSR count). The van der Waals surface area contributed by atoms with E-state index < -0.39 is 10.0 Å². The minimum absolute atomic E-state index is 0.431. The van der Waals surface area contributed by atoms with Crippen LogP contribution in [-0.4, -0.2) is 34.3 Å². The smallest absolute Gasteiger partial charge is 0.208 e. The molecule has 0 aliphatic carbocycles. The third-order valence-electron chi connectivity index (χ3n) is 2.29. The molecule has 1 aliphatic heterocycles. The van der Waals surface area contributed by atoms with Crippen LogP contribution < -0.4 is 10.0 Å². The molecule has 0 bridgehead atoms. The lowest BCUT2D eigenvalue weighted by Gasteiger charge is -2.32. The number of rotatable bonds is 4. The standard InChI is InChI=1S/C7H16N2O2S/c1-6(7-4-8-5-7)3-9-12(2,10)11/h6-9H,3-5H2,1-2H3. The summed E-state index contributed by atoms with van der Waals surface area (Å²) in [5.41, 5.74) is 0. The van der Waals surface area contributed by atoms with Gasteiger partial charge in [0.2, 0.25) is 10.0 Å². The van der Waals surface area contributed by atoms with Gasteiger partial charge in [-0.05, 0) is 24.9 Å². The van der Waals surface area contributed by atoms with Crippen LogP contribution >= 0.6 is 0 Å². The van der Waals surface area contributed by atoms with Gasteiger partial charge >= 0.3 is 0 Å². The second-order valence-corrected chi connectivity index (χ2v) is 5.35. The van der Waals surface area contributed by atoms with Gasteiger partial charge < -0.3 is 5.32 Å². The average molecular weight is 192 g/mol. The molecule has 0 saturated carbocycles. The first-order valence-electron chi connectivity index (χ1n) is 4.14. The van der Waals surface area contributed by atoms with Crippen molar-refractivity contribution in [3.05, 3.63) is 0 Å². The predicted octanol–water partition coefficient (Wildman–Crippen LogP) is -0.609. The Morgan fingerprint density at radius 3 is 2.50 bits per heavy atom. The fraction of sp³-hybridized carbons (Fsp3) is 1.00. The molecule has 5 heteroatoms. The third-order valence-corrected chi connectivity index (χ3v) is 2.98. The van der Waals surface area contributed by atoms with Gasteiger partial charge in [0.1, 0.15) is 0 Å². The molecule has 0 radical (unpaired) electrons. The van der Waals surface area contributed by atoms with Gasteiger partial charge in [0, 0.05) is 6.54 Å². The lowest BCUT2D eigenvalue weighted by molar-refractivity contribution is 0.250. The van der Waals surface area contributed by atoms with Crippen molar-refractivity contribution in [1.82, 2.24) is 10.0 Å². The molecule has 1 atom stereocenters. The third kappa shape index (κ3) is 3.08. The van der Waals surface area contributed by atoms with Crippen molar-refractivity contribution < 1.29 is 8.42 Å². The molecule has 12 heavy (non-hydrogen) atoms. The fourth-order valence-electron chi connectivity index (χ4n) is 1.16. The van der Waals surface area contributed by atoms with E-state index in [-0.39, 0.29) is 0 Å². The van der Waals surface area contributed by atoms with E-state index >= 15 is 0 Å². The van der Waals surface area contributed by atoms with Crippen molar-refractivity contribution in [1.29, 1.82) is 0 Å². The summed E-state index contributed by atoms with van der Waals surface area (Å²) in [6.07, 6.45) is 1.19. The molecule has 0 spiro atoms. The minimum atomic E-state index is -3.01. The number of hydrogen-bond acceptors (Lipinski definition) is 3. The van der Waals surface area contributed by atoms with Crippen molar-refractivity contribution in [3.63, 3.8) is 0 Å². The van der Waals surface area contributed by atoms with Gasteiger partial charge in [-0.2, -0.15) is 0 Å². The summed E-state index contributed by atoms with van der Waals surface area (Å²) in [4.78, 5) is 0. The first kappa shape index (κ1) is 9.95. The Labute approximate surface area is 73.8 Å². The van der Waals surface area contributed by atoms with Crippen LogP contribution in [-0.2, 0) is 10.0 Å². The Morgan fingerprint density at radius 1 is 1.58 bits per heavy atom. The predicted molar refractivity (Wildman–Crippen MR) is 48.4 cm³/mol. The van der Waals surface area contributed by atoms with Crippen LogP contribution in [0.25, 0.3) is 0 Å². The molecule has 0 amide bonds. The highest BCUT2D eigenvalue weighted by molar-refractivity contribution is 7.88. The molecule has 1 fully saturated rings. The molecule has 72 valence electrons. The van der Waals surface area contributed by atoms with E-state index in [1.54, 1.807) is 0 Å². The summed E-state index contributed by atoms with van der Waals surface area (Å²) in [5.74, 6) is 1.07. The van der Waals surface area contributed by atoms with Gasteiger partial charge in [-0.1, -0.05) is 6.92 Å². The average Bonchev–Trinajstić information content (AvgIpc) is 1.78. The second-order valence-electron chi connectivity index (χ2n) is 3.52. The first-order chi connectivity index (χ1) is 5.49. The monoisotopic (exact) mass is 192 g/mol. The van der Waals surface area contributed by atoms with E-state index in [4.69, 9.17) is 0 Å². The van der Waals surface area contributed by atoms with Crippen molar-refractivity contribution >= 4 is 10.0 Å². The van der Waals surface area contributed by atoms with Crippen molar-refractivity contribution in [2.45, 2.75) is 6.92 Å². The van der Waals surface area contributed by atoms with Crippen molar-refractivity contribution in [2.75, 3.05) is 25.9 Å². The number of sulfonamides is 1. The Hall–Kier alpha value is -0.130. The van der Waals surface area contributed by atoms with Gasteiger partial charge in [-0.3, -0.25) is 0 Å². The van der Waals surface area contributed by atoms with Crippen molar-refractivity contribution in [2.24, 2.45) is 11.8 Å². The Bertz CT molecular complexity index is 234. The molecule has 0 aromatic carbocycles. The molecule has 0 aromatic rings. The molecule has 1 saturated heterocycles. The minimum Gasteiger partial charge on any atom is -0.316 e. The highest BCUT2D eigenvalue weighted by atomic mass is 32.2. The zero-order valence-corrected chi connectivity index (χ0v) is 8.32. The summed E-state index contributed by atoms with van der Waals surface area (Å²) < 4.78 is 24.0. The topological polar surface area (TPSA) is 58.2 Å². The van der Waals surface area contributed by atoms with E-state index in [1.165, 1.54) is 6.26 Å². The van der Waals surface area contributed by atoms with E-state index in [1.807, 2.05) is 0 Å². The first-order valence-corrected chi connectivity index (χ1v) is 6.03. The van der Waals surface area contributed by atoms with Gasteiger partial charge in [0.25, 0.3) is 0 Å². The van der Waals surface area contributed by atoms with Gasteiger partial charge in [-0.25, -0.2) is 13.1 Å². The normalized spacial score (nSPS) is 21.8. The molecule has 1 aliphatic rings. The largest absolute Gasteiger partial charge is 0.316 e. The van der Waals surface area contributed by atoms with Gasteiger partial charge in [-0.15, -0.1) is 0 Å². The van der Waals surface area contributed by atoms with Gasteiger partial charge in [0.05, 0.1) is 6.26 Å². The van der Waals surface area contributed by atoms with E-state index in [9.17, 15) is 8.42 Å². The van der Waals surface area contributed by atoms with Crippen LogP contribution in [0.2, 0.25) is 0 Å². The van der Waals surface area contributed by atoms with Crippen LogP contribution in [0.4, 0.5) is 0 Å². The lowest BCUT2D eigenvalue weighted by Crippen LogP contribution is -2.48. The Balaban J connectivity index is 2.22. The van der Waals surface area contributed by atoms with E-state index in [0.29, 0.717) is 18.4 Å². The highest BCUT2D eigenvalue weighted by Crippen LogP contribution is 2.14. The number of nitrogens with one attached hydrogen (secondary N) is 2. The second kappa shape index (κ2) is 3.72. The quantitative estimate of drug-likeness (QED) is 0.625. The lowest BCUT2D eigenvalue weighted by atomic mass is 9.89. The van der Waals surface area contributed by atoms with Crippen LogP contribution in [0, 0.1) is 11.8 Å². The maximum Gasteiger partial charge on any atom is 0.208 e. The van der Waals surface area contributed by atoms with Gasteiger partial charge in [0.15, 0.2) is 0 Å². The molecule has 1 unspecified atom stereocenters. The summed E-state index contributed by atoms with van der Waals surface area (Å²) in [6, 6.07) is 0. The zero-order valence-electron chi connectivity index (χ0n) is 7.50. The molecule has 1 heterocycles. The van der Waals surface area contributed by atoms with Crippen LogP contribution in [0.15, 0.2) is 0 Å². The van der Waals surface area contributed by atoms with Crippen LogP contribution in [0.3, 0.4) is 0 Å². The van der Waals surface area contributed by atoms with E-state index in [2.05, 4.69) is 17.0 Å². The molecule has 0 aromatic heterocycles. The maximum absolute atomic E-state index is 10.7. The van der Waals surface area contributed by atoms with Crippen LogP contribution in [0.5, 0.6) is 0 Å². The maximum atomic E-state index is 10.7. The molecule has 4 nitrogen and oxygen atoms in total. The van der Waals surface area contributed by atoms with Crippen molar-refractivity contribution in [3.8, 4) is 0 Å². The molecular weight excluding hydrogens is 176 g/mol. The molecule has 2 N–H and O–H groups in total.